The summed E-state index contributed by atoms with van der Waals surface area (Å²) in [5, 5.41) is 2.00. The number of carbonyl (C=O) groups is 1. The molecule has 0 bridgehead atoms. The van der Waals surface area contributed by atoms with Gasteiger partial charge in [-0.25, -0.2) is 4.98 Å². The van der Waals surface area contributed by atoms with Gasteiger partial charge >= 0.3 is 0 Å². The van der Waals surface area contributed by atoms with Crippen molar-refractivity contribution in [3.05, 3.63) is 52.5 Å². The maximum atomic E-state index is 13.1. The zero-order valence-corrected chi connectivity index (χ0v) is 18.8. The van der Waals surface area contributed by atoms with Crippen molar-refractivity contribution in [1.82, 2.24) is 4.98 Å². The largest absolute Gasteiger partial charge is 0.376 e. The van der Waals surface area contributed by atoms with Gasteiger partial charge in [-0.1, -0.05) is 40.6 Å². The SMILES string of the molecule is O=C(CCSc1ccc(Cl)cc1)N(CC1CCCO1)c1nc2c(Cl)cccc2s1. The van der Waals surface area contributed by atoms with Gasteiger partial charge in [0.2, 0.25) is 5.91 Å². The Labute approximate surface area is 188 Å². The van der Waals surface area contributed by atoms with Gasteiger partial charge in [0.05, 0.1) is 22.4 Å². The fourth-order valence-corrected chi connectivity index (χ4v) is 5.48. The van der Waals surface area contributed by atoms with E-state index in [1.54, 1.807) is 16.7 Å². The van der Waals surface area contributed by atoms with Gasteiger partial charge in [0.25, 0.3) is 0 Å². The summed E-state index contributed by atoms with van der Waals surface area (Å²) in [5.74, 6) is 0.742. The number of fused-ring (bicyclic) bond motifs is 1. The summed E-state index contributed by atoms with van der Waals surface area (Å²) in [5.41, 5.74) is 0.745. The third-order valence-electron chi connectivity index (χ3n) is 4.70. The van der Waals surface area contributed by atoms with E-state index < -0.39 is 0 Å². The molecule has 1 aromatic heterocycles. The Balaban J connectivity index is 1.48. The third-order valence-corrected chi connectivity index (χ3v) is 7.31. The molecule has 0 spiro atoms. The highest BCUT2D eigenvalue weighted by Gasteiger charge is 2.26. The molecule has 2 aromatic carbocycles. The van der Waals surface area contributed by atoms with Crippen LogP contribution < -0.4 is 4.90 Å². The van der Waals surface area contributed by atoms with Crippen molar-refractivity contribution >= 4 is 67.6 Å². The summed E-state index contributed by atoms with van der Waals surface area (Å²) in [7, 11) is 0. The van der Waals surface area contributed by atoms with Crippen molar-refractivity contribution in [2.75, 3.05) is 23.8 Å². The van der Waals surface area contributed by atoms with Crippen LogP contribution in [0.15, 0.2) is 47.4 Å². The summed E-state index contributed by atoms with van der Waals surface area (Å²) < 4.78 is 6.76. The van der Waals surface area contributed by atoms with Crippen LogP contribution in [0, 0.1) is 0 Å². The predicted molar refractivity (Wildman–Crippen MR) is 123 cm³/mol. The predicted octanol–water partition coefficient (Wildman–Crippen LogP) is 6.30. The van der Waals surface area contributed by atoms with E-state index in [-0.39, 0.29) is 12.0 Å². The van der Waals surface area contributed by atoms with Crippen molar-refractivity contribution in [3.8, 4) is 0 Å². The fourth-order valence-electron chi connectivity index (χ4n) is 3.22. The molecule has 29 heavy (non-hydrogen) atoms. The minimum absolute atomic E-state index is 0.0529. The van der Waals surface area contributed by atoms with E-state index in [0.717, 1.165) is 34.6 Å². The highest BCUT2D eigenvalue weighted by Crippen LogP contribution is 2.34. The van der Waals surface area contributed by atoms with Crippen molar-refractivity contribution in [3.63, 3.8) is 0 Å². The normalized spacial score (nSPS) is 16.4. The molecule has 1 aliphatic rings. The quantitative estimate of drug-likeness (QED) is 0.383. The molecule has 1 aliphatic heterocycles. The molecule has 1 saturated heterocycles. The Kier molecular flexibility index (Phi) is 6.98. The number of hydrogen-bond donors (Lipinski definition) is 0. The topological polar surface area (TPSA) is 42.4 Å². The molecule has 8 heteroatoms. The number of amides is 1. The number of aromatic nitrogens is 1. The molecule has 3 aromatic rings. The van der Waals surface area contributed by atoms with Gasteiger partial charge in [0.15, 0.2) is 5.13 Å². The van der Waals surface area contributed by atoms with Crippen LogP contribution in [0.4, 0.5) is 5.13 Å². The number of ether oxygens (including phenoxy) is 1. The molecule has 0 N–H and O–H groups in total. The van der Waals surface area contributed by atoms with Gasteiger partial charge in [0, 0.05) is 28.7 Å². The number of anilines is 1. The molecule has 1 fully saturated rings. The number of thioether (sulfide) groups is 1. The standard InChI is InChI=1S/C21H20Cl2N2O2S2/c22-14-6-8-16(9-7-14)28-12-10-19(26)25(13-15-3-2-11-27-15)21-24-20-17(23)4-1-5-18(20)29-21/h1,4-9,15H,2-3,10-13H2. The molecular weight excluding hydrogens is 447 g/mol. The highest BCUT2D eigenvalue weighted by atomic mass is 35.5. The molecule has 152 valence electrons. The lowest BCUT2D eigenvalue weighted by Gasteiger charge is -2.23. The van der Waals surface area contributed by atoms with E-state index in [4.69, 9.17) is 27.9 Å². The molecule has 4 rings (SSSR count). The number of nitrogens with zero attached hydrogens (tertiary/aromatic N) is 2. The Morgan fingerprint density at radius 1 is 1.24 bits per heavy atom. The summed E-state index contributed by atoms with van der Waals surface area (Å²) in [6, 6.07) is 13.4. The number of benzene rings is 2. The van der Waals surface area contributed by atoms with E-state index in [0.29, 0.717) is 33.9 Å². The molecular formula is C21H20Cl2N2O2S2. The molecule has 4 nitrogen and oxygen atoms in total. The number of para-hydroxylation sites is 1. The van der Waals surface area contributed by atoms with Crippen LogP contribution in [-0.4, -0.2) is 35.9 Å². The average molecular weight is 467 g/mol. The summed E-state index contributed by atoms with van der Waals surface area (Å²) in [4.78, 5) is 20.6. The van der Waals surface area contributed by atoms with E-state index in [9.17, 15) is 4.79 Å². The first-order chi connectivity index (χ1) is 14.1. The highest BCUT2D eigenvalue weighted by molar-refractivity contribution is 7.99. The van der Waals surface area contributed by atoms with Crippen LogP contribution in [0.5, 0.6) is 0 Å². The smallest absolute Gasteiger partial charge is 0.229 e. The number of thiazole rings is 1. The van der Waals surface area contributed by atoms with Crippen LogP contribution in [0.25, 0.3) is 10.2 Å². The van der Waals surface area contributed by atoms with Crippen molar-refractivity contribution < 1.29 is 9.53 Å². The van der Waals surface area contributed by atoms with Gasteiger partial charge < -0.3 is 4.74 Å². The number of carbonyl (C=O) groups excluding carboxylic acids is 1. The fraction of sp³-hybridized carbons (Fsp3) is 0.333. The first kappa shape index (κ1) is 20.9. The number of hydrogen-bond acceptors (Lipinski definition) is 5. The zero-order chi connectivity index (χ0) is 20.2. The maximum absolute atomic E-state index is 13.1. The molecule has 1 unspecified atom stereocenters. The molecule has 1 atom stereocenters. The summed E-state index contributed by atoms with van der Waals surface area (Å²) >= 11 is 15.4. The van der Waals surface area contributed by atoms with Crippen LogP contribution >= 0.6 is 46.3 Å². The van der Waals surface area contributed by atoms with E-state index in [1.807, 2.05) is 42.5 Å². The van der Waals surface area contributed by atoms with Crippen molar-refractivity contribution in [2.45, 2.75) is 30.3 Å². The molecule has 0 saturated carbocycles. The lowest BCUT2D eigenvalue weighted by Crippen LogP contribution is -2.37. The third kappa shape index (κ3) is 5.25. The Morgan fingerprint density at radius 3 is 2.79 bits per heavy atom. The summed E-state index contributed by atoms with van der Waals surface area (Å²) in [6.07, 6.45) is 2.48. The monoisotopic (exact) mass is 466 g/mol. The van der Waals surface area contributed by atoms with Gasteiger partial charge in [-0.2, -0.15) is 0 Å². The van der Waals surface area contributed by atoms with E-state index >= 15 is 0 Å². The molecule has 0 radical (unpaired) electrons. The Hall–Kier alpha value is -1.31. The van der Waals surface area contributed by atoms with Crippen LogP contribution in [0.1, 0.15) is 19.3 Å². The molecule has 1 amide bonds. The first-order valence-corrected chi connectivity index (χ1v) is 12.0. The molecule has 2 heterocycles. The lowest BCUT2D eigenvalue weighted by atomic mass is 10.2. The van der Waals surface area contributed by atoms with Gasteiger partial charge in [0.1, 0.15) is 5.52 Å². The first-order valence-electron chi connectivity index (χ1n) is 9.45. The maximum Gasteiger partial charge on any atom is 0.229 e. The number of rotatable bonds is 7. The van der Waals surface area contributed by atoms with Crippen molar-refractivity contribution in [2.24, 2.45) is 0 Å². The Morgan fingerprint density at radius 2 is 2.07 bits per heavy atom. The Bertz CT molecular complexity index is 988. The zero-order valence-electron chi connectivity index (χ0n) is 15.6. The van der Waals surface area contributed by atoms with Crippen LogP contribution in [0.3, 0.4) is 0 Å². The molecule has 0 aliphatic carbocycles. The van der Waals surface area contributed by atoms with Gasteiger partial charge in [-0.15, -0.1) is 11.8 Å². The van der Waals surface area contributed by atoms with Crippen LogP contribution in [0.2, 0.25) is 10.0 Å². The van der Waals surface area contributed by atoms with Crippen molar-refractivity contribution in [1.29, 1.82) is 0 Å². The second kappa shape index (κ2) is 9.67. The average Bonchev–Trinajstić information content (AvgIpc) is 3.37. The van der Waals surface area contributed by atoms with Gasteiger partial charge in [-0.3, -0.25) is 9.69 Å². The number of halogens is 2. The lowest BCUT2D eigenvalue weighted by molar-refractivity contribution is -0.118. The summed E-state index contributed by atoms with van der Waals surface area (Å²) in [6.45, 7) is 1.28. The second-order valence-corrected chi connectivity index (χ2v) is 9.80. The van der Waals surface area contributed by atoms with E-state index in [1.165, 1.54) is 11.3 Å². The van der Waals surface area contributed by atoms with E-state index in [2.05, 4.69) is 4.98 Å². The van der Waals surface area contributed by atoms with Crippen LogP contribution in [-0.2, 0) is 9.53 Å². The van der Waals surface area contributed by atoms with Gasteiger partial charge in [-0.05, 0) is 49.2 Å². The minimum Gasteiger partial charge on any atom is -0.376 e. The second-order valence-electron chi connectivity index (χ2n) is 6.77. The minimum atomic E-state index is 0.0529.